The molecule has 0 saturated heterocycles. The van der Waals surface area contributed by atoms with E-state index in [1.807, 2.05) is 19.9 Å². The molecule has 0 radical (unpaired) electrons. The van der Waals surface area contributed by atoms with Gasteiger partial charge >= 0.3 is 0 Å². The van der Waals surface area contributed by atoms with Gasteiger partial charge in [0.1, 0.15) is 16.9 Å². The van der Waals surface area contributed by atoms with E-state index in [-0.39, 0.29) is 11.0 Å². The van der Waals surface area contributed by atoms with E-state index >= 15 is 0 Å². The third-order valence-corrected chi connectivity index (χ3v) is 6.01. The van der Waals surface area contributed by atoms with Crippen molar-refractivity contribution < 1.29 is 9.21 Å². The number of pyridine rings is 1. The van der Waals surface area contributed by atoms with Gasteiger partial charge in [-0.15, -0.1) is 0 Å². The number of aryl methyl sites for hydroxylation is 2. The van der Waals surface area contributed by atoms with Gasteiger partial charge < -0.3 is 25.9 Å². The van der Waals surface area contributed by atoms with Gasteiger partial charge in [-0.2, -0.15) is 0 Å². The van der Waals surface area contributed by atoms with Crippen LogP contribution < -0.4 is 22.0 Å². The van der Waals surface area contributed by atoms with Crippen LogP contribution in [0.25, 0.3) is 16.5 Å². The lowest BCUT2D eigenvalue weighted by Crippen LogP contribution is -2.27. The summed E-state index contributed by atoms with van der Waals surface area (Å²) in [4.78, 5) is 40.2. The first-order valence-corrected chi connectivity index (χ1v) is 11.0. The molecule has 2 aromatic heterocycles. The highest BCUT2D eigenvalue weighted by Gasteiger charge is 2.22. The largest absolute Gasteiger partial charge is 0.455 e. The highest BCUT2D eigenvalue weighted by molar-refractivity contribution is 6.12. The van der Waals surface area contributed by atoms with E-state index in [1.165, 1.54) is 0 Å². The number of aromatic amines is 1. The first-order chi connectivity index (χ1) is 16.5. The zero-order valence-electron chi connectivity index (χ0n) is 20.0. The Bertz CT molecular complexity index is 1620. The van der Waals surface area contributed by atoms with Crippen LogP contribution in [0.1, 0.15) is 51.5 Å². The molecule has 1 aliphatic carbocycles. The van der Waals surface area contributed by atoms with Crippen molar-refractivity contribution in [2.45, 2.75) is 33.7 Å². The molecule has 1 amide bonds. The van der Waals surface area contributed by atoms with Crippen LogP contribution in [0, 0.1) is 26.2 Å². The Morgan fingerprint density at radius 3 is 2.54 bits per heavy atom. The highest BCUT2D eigenvalue weighted by Crippen LogP contribution is 2.32. The number of H-pyrrole nitrogens is 1. The zero-order chi connectivity index (χ0) is 25.6. The number of primary amides is 1. The third kappa shape index (κ3) is 4.26. The van der Waals surface area contributed by atoms with E-state index in [1.54, 1.807) is 44.2 Å². The Hall–Kier alpha value is -4.46. The predicted molar refractivity (Wildman–Crippen MR) is 138 cm³/mol. The summed E-state index contributed by atoms with van der Waals surface area (Å²) in [5.74, 6) is -0.448. The van der Waals surface area contributed by atoms with Crippen molar-refractivity contribution in [1.82, 2.24) is 4.98 Å². The zero-order valence-corrected chi connectivity index (χ0v) is 20.0. The summed E-state index contributed by atoms with van der Waals surface area (Å²) in [6.45, 7) is 11.0. The maximum atomic E-state index is 13.4. The minimum Gasteiger partial charge on any atom is -0.455 e. The van der Waals surface area contributed by atoms with Gasteiger partial charge in [-0.1, -0.05) is 12.6 Å². The molecule has 0 saturated carbocycles. The van der Waals surface area contributed by atoms with Crippen LogP contribution in [-0.4, -0.2) is 16.6 Å². The quantitative estimate of drug-likeness (QED) is 0.442. The Balaban J connectivity index is 1.91. The predicted octanol–water partition coefficient (Wildman–Crippen LogP) is 4.21. The first-order valence-electron chi connectivity index (χ1n) is 11.0. The number of aromatic nitrogens is 1. The molecule has 0 aliphatic heterocycles. The van der Waals surface area contributed by atoms with E-state index in [4.69, 9.17) is 15.6 Å². The van der Waals surface area contributed by atoms with Crippen molar-refractivity contribution >= 4 is 33.8 Å². The fourth-order valence-corrected chi connectivity index (χ4v) is 4.26. The monoisotopic (exact) mass is 470 g/mol. The number of anilines is 1. The van der Waals surface area contributed by atoms with Gasteiger partial charge in [0.25, 0.3) is 11.5 Å². The van der Waals surface area contributed by atoms with E-state index in [0.717, 1.165) is 5.56 Å². The second kappa shape index (κ2) is 8.72. The molecule has 2 heterocycles. The fraction of sp³-hybridized carbons (Fsp3) is 0.185. The number of nitrogens with two attached hydrogens (primary N) is 1. The molecule has 3 aromatic rings. The minimum absolute atomic E-state index is 0.163. The number of carbonyl (C=O) groups excluding carboxylic acids is 1. The summed E-state index contributed by atoms with van der Waals surface area (Å²) < 4.78 is 6.34. The molecule has 1 aliphatic rings. The van der Waals surface area contributed by atoms with Crippen LogP contribution in [0.3, 0.4) is 0 Å². The third-order valence-electron chi connectivity index (χ3n) is 6.01. The number of amides is 1. The molecule has 178 valence electrons. The number of nitrogens with one attached hydrogen (secondary N) is 3. The molecule has 0 spiro atoms. The SMILES string of the molecule is C=C1C=C(c2oc3c(C(C)Nc4cc(C)[nH]c(=O)c4C(N)=O)cc(C)cc3c(=O)c2C)C=CC1=N. The number of benzene rings is 1. The molecule has 5 N–H and O–H groups in total. The van der Waals surface area contributed by atoms with Crippen LogP contribution in [0.4, 0.5) is 5.69 Å². The molecular weight excluding hydrogens is 444 g/mol. The summed E-state index contributed by atoms with van der Waals surface area (Å²) in [6, 6.07) is 4.86. The average molecular weight is 471 g/mol. The van der Waals surface area contributed by atoms with Gasteiger partial charge in [-0.3, -0.25) is 14.4 Å². The molecular formula is C27H26N4O4. The Morgan fingerprint density at radius 2 is 1.89 bits per heavy atom. The van der Waals surface area contributed by atoms with Crippen LogP contribution in [0.15, 0.2) is 62.6 Å². The standard InChI is InChI=1S/C27H26N4O4/c1-12-8-18(16(5)31-21-11-14(3)30-27(34)22(21)26(29)33)25-19(9-12)23(32)15(4)24(35-25)17-6-7-20(28)13(2)10-17/h6-11,16,28H,2H2,1,3-5H3,(H2,29,33)(H2,30,31,34). The number of rotatable bonds is 5. The van der Waals surface area contributed by atoms with Crippen LogP contribution in [-0.2, 0) is 0 Å². The normalized spacial score (nSPS) is 14.2. The van der Waals surface area contributed by atoms with E-state index in [9.17, 15) is 14.4 Å². The van der Waals surface area contributed by atoms with Gasteiger partial charge in [0.2, 0.25) is 0 Å². The summed E-state index contributed by atoms with van der Waals surface area (Å²) in [6.07, 6.45) is 5.05. The van der Waals surface area contributed by atoms with E-state index < -0.39 is 17.5 Å². The number of fused-ring (bicyclic) bond motifs is 1. The number of carbonyl (C=O) groups is 1. The fourth-order valence-electron chi connectivity index (χ4n) is 4.26. The second-order valence-corrected chi connectivity index (χ2v) is 8.79. The summed E-state index contributed by atoms with van der Waals surface area (Å²) >= 11 is 0. The Labute approximate surface area is 201 Å². The number of allylic oxidation sites excluding steroid dienone is 5. The van der Waals surface area contributed by atoms with E-state index in [2.05, 4.69) is 16.9 Å². The topological polar surface area (TPSA) is 142 Å². The molecule has 0 bridgehead atoms. The Morgan fingerprint density at radius 1 is 1.17 bits per heavy atom. The van der Waals surface area contributed by atoms with Crippen molar-refractivity contribution in [3.05, 3.63) is 103 Å². The molecule has 1 atom stereocenters. The summed E-state index contributed by atoms with van der Waals surface area (Å²) in [5.41, 5.74) is 9.26. The molecule has 8 heteroatoms. The highest BCUT2D eigenvalue weighted by atomic mass is 16.3. The van der Waals surface area contributed by atoms with Gasteiger partial charge in [-0.25, -0.2) is 0 Å². The smallest absolute Gasteiger partial charge is 0.263 e. The van der Waals surface area contributed by atoms with Crippen LogP contribution >= 0.6 is 0 Å². The van der Waals surface area contributed by atoms with Crippen molar-refractivity contribution in [1.29, 1.82) is 5.41 Å². The van der Waals surface area contributed by atoms with Gasteiger partial charge in [0.15, 0.2) is 5.43 Å². The first kappa shape index (κ1) is 23.7. The van der Waals surface area contributed by atoms with Crippen molar-refractivity contribution in [3.8, 4) is 0 Å². The lowest BCUT2D eigenvalue weighted by Gasteiger charge is -2.20. The van der Waals surface area contributed by atoms with Gasteiger partial charge in [-0.05, 0) is 69.2 Å². The number of hydrogen-bond acceptors (Lipinski definition) is 6. The number of hydrogen-bond donors (Lipinski definition) is 4. The maximum Gasteiger partial charge on any atom is 0.263 e. The molecule has 1 aromatic carbocycles. The molecule has 4 rings (SSSR count). The summed E-state index contributed by atoms with van der Waals surface area (Å²) in [7, 11) is 0. The Kier molecular flexibility index (Phi) is 5.90. The van der Waals surface area contributed by atoms with Gasteiger partial charge in [0, 0.05) is 22.4 Å². The molecule has 35 heavy (non-hydrogen) atoms. The lowest BCUT2D eigenvalue weighted by atomic mass is 9.95. The van der Waals surface area contributed by atoms with Crippen LogP contribution in [0.5, 0.6) is 0 Å². The molecule has 8 nitrogen and oxygen atoms in total. The van der Waals surface area contributed by atoms with Gasteiger partial charge in [0.05, 0.1) is 22.8 Å². The lowest BCUT2D eigenvalue weighted by molar-refractivity contribution is 0.0999. The summed E-state index contributed by atoms with van der Waals surface area (Å²) in [5, 5.41) is 11.5. The van der Waals surface area contributed by atoms with Crippen LogP contribution in [0.2, 0.25) is 0 Å². The average Bonchev–Trinajstić information content (AvgIpc) is 2.77. The molecule has 1 unspecified atom stereocenters. The van der Waals surface area contributed by atoms with E-state index in [0.29, 0.717) is 56.1 Å². The second-order valence-electron chi connectivity index (χ2n) is 8.79. The minimum atomic E-state index is -0.846. The van der Waals surface area contributed by atoms with Crippen molar-refractivity contribution in [3.63, 3.8) is 0 Å². The maximum absolute atomic E-state index is 13.4. The van der Waals surface area contributed by atoms with Crippen molar-refractivity contribution in [2.75, 3.05) is 5.32 Å². The van der Waals surface area contributed by atoms with Crippen molar-refractivity contribution in [2.24, 2.45) is 5.73 Å². The molecule has 0 fully saturated rings.